The maximum atomic E-state index is 9.79. The van der Waals surface area contributed by atoms with Crippen molar-refractivity contribution in [1.29, 1.82) is 0 Å². The van der Waals surface area contributed by atoms with Crippen LogP contribution in [0.5, 0.6) is 0 Å². The largest absolute Gasteiger partial charge is 0.386 e. The number of halogens is 1. The van der Waals surface area contributed by atoms with Gasteiger partial charge in [-0.05, 0) is 31.0 Å². The Morgan fingerprint density at radius 1 is 1.47 bits per heavy atom. The highest BCUT2D eigenvalue weighted by Crippen LogP contribution is 2.26. The summed E-state index contributed by atoms with van der Waals surface area (Å²) in [5.74, 6) is 0.700. The van der Waals surface area contributed by atoms with Crippen LogP contribution in [-0.2, 0) is 0 Å². The lowest BCUT2D eigenvalue weighted by Crippen LogP contribution is -2.22. The molecule has 0 bridgehead atoms. The predicted octanol–water partition coefficient (Wildman–Crippen LogP) is 3.07. The van der Waals surface area contributed by atoms with E-state index in [2.05, 4.69) is 19.2 Å². The Morgan fingerprint density at radius 2 is 2.20 bits per heavy atom. The van der Waals surface area contributed by atoms with Crippen molar-refractivity contribution in [1.82, 2.24) is 5.32 Å². The molecule has 0 fully saturated rings. The van der Waals surface area contributed by atoms with E-state index in [9.17, 15) is 5.11 Å². The fraction of sp³-hybridized carbons (Fsp3) is 0.636. The van der Waals surface area contributed by atoms with E-state index in [1.54, 1.807) is 0 Å². The third-order valence-corrected chi connectivity index (χ3v) is 3.49. The van der Waals surface area contributed by atoms with Gasteiger partial charge in [0.15, 0.2) is 0 Å². The normalized spacial score (nSPS) is 13.4. The number of rotatable bonds is 6. The zero-order chi connectivity index (χ0) is 11.3. The minimum Gasteiger partial charge on any atom is -0.386 e. The molecule has 1 rings (SSSR count). The smallest absolute Gasteiger partial charge is 0.101 e. The third-order valence-electron chi connectivity index (χ3n) is 2.16. The highest BCUT2D eigenvalue weighted by molar-refractivity contribution is 7.16. The maximum Gasteiger partial charge on any atom is 0.101 e. The zero-order valence-electron chi connectivity index (χ0n) is 9.16. The molecule has 0 saturated heterocycles. The van der Waals surface area contributed by atoms with Gasteiger partial charge in [0.05, 0.1) is 4.34 Å². The predicted molar refractivity (Wildman–Crippen MR) is 66.6 cm³/mol. The number of hydrogen-bond donors (Lipinski definition) is 2. The van der Waals surface area contributed by atoms with Crippen LogP contribution in [0.2, 0.25) is 4.34 Å². The Balaban J connectivity index is 2.21. The number of thiophene rings is 1. The van der Waals surface area contributed by atoms with E-state index in [1.165, 1.54) is 11.3 Å². The van der Waals surface area contributed by atoms with Crippen molar-refractivity contribution in [3.05, 3.63) is 21.3 Å². The topological polar surface area (TPSA) is 32.3 Å². The third kappa shape index (κ3) is 4.98. The molecule has 0 aromatic carbocycles. The molecule has 1 unspecified atom stereocenters. The van der Waals surface area contributed by atoms with Crippen molar-refractivity contribution in [2.45, 2.75) is 26.4 Å². The molecule has 0 amide bonds. The van der Waals surface area contributed by atoms with Crippen LogP contribution < -0.4 is 5.32 Å². The summed E-state index contributed by atoms with van der Waals surface area (Å²) in [4.78, 5) is 0.928. The van der Waals surface area contributed by atoms with Gasteiger partial charge in [-0.3, -0.25) is 0 Å². The van der Waals surface area contributed by atoms with Crippen molar-refractivity contribution in [2.75, 3.05) is 13.1 Å². The summed E-state index contributed by atoms with van der Waals surface area (Å²) in [5.41, 5.74) is 0. The summed E-state index contributed by atoms with van der Waals surface area (Å²) < 4.78 is 0.728. The van der Waals surface area contributed by atoms with Gasteiger partial charge >= 0.3 is 0 Å². The first-order valence-corrected chi connectivity index (χ1v) is 6.43. The first-order chi connectivity index (χ1) is 7.09. The van der Waals surface area contributed by atoms with Crippen LogP contribution >= 0.6 is 22.9 Å². The van der Waals surface area contributed by atoms with Gasteiger partial charge in [-0.1, -0.05) is 25.4 Å². The molecule has 2 nitrogen and oxygen atoms in total. The lowest BCUT2D eigenvalue weighted by Gasteiger charge is -2.10. The van der Waals surface area contributed by atoms with Crippen LogP contribution in [0.4, 0.5) is 0 Å². The molecule has 1 atom stereocenters. The Labute approximate surface area is 100 Å². The number of aliphatic hydroxyl groups is 1. The van der Waals surface area contributed by atoms with Crippen molar-refractivity contribution in [2.24, 2.45) is 5.92 Å². The van der Waals surface area contributed by atoms with E-state index < -0.39 is 6.10 Å². The molecule has 1 aromatic heterocycles. The first-order valence-electron chi connectivity index (χ1n) is 5.23. The Kier molecular flexibility index (Phi) is 5.61. The Hall–Kier alpha value is -0.0900. The number of nitrogens with one attached hydrogen (secondary N) is 1. The molecule has 86 valence electrons. The van der Waals surface area contributed by atoms with Gasteiger partial charge in [-0.15, -0.1) is 11.3 Å². The summed E-state index contributed by atoms with van der Waals surface area (Å²) >= 11 is 7.23. The molecule has 0 aliphatic heterocycles. The Bertz CT molecular complexity index is 288. The second kappa shape index (κ2) is 6.48. The summed E-state index contributed by atoms with van der Waals surface area (Å²) in [7, 11) is 0. The van der Waals surface area contributed by atoms with Crippen molar-refractivity contribution >= 4 is 22.9 Å². The van der Waals surface area contributed by atoms with E-state index in [1.807, 2.05) is 12.1 Å². The van der Waals surface area contributed by atoms with Crippen molar-refractivity contribution in [3.63, 3.8) is 0 Å². The van der Waals surface area contributed by atoms with Gasteiger partial charge in [-0.2, -0.15) is 0 Å². The SMILES string of the molecule is CC(C)CCNCC(O)c1ccc(Cl)s1. The second-order valence-electron chi connectivity index (χ2n) is 4.04. The van der Waals surface area contributed by atoms with Gasteiger partial charge in [0.2, 0.25) is 0 Å². The summed E-state index contributed by atoms with van der Waals surface area (Å²) in [6.45, 7) is 5.94. The summed E-state index contributed by atoms with van der Waals surface area (Å²) in [5, 5.41) is 13.0. The first kappa shape index (κ1) is 13.0. The molecule has 0 radical (unpaired) electrons. The molecule has 2 N–H and O–H groups in total. The average Bonchev–Trinajstić information content (AvgIpc) is 2.59. The Morgan fingerprint density at radius 3 is 2.73 bits per heavy atom. The number of hydrogen-bond acceptors (Lipinski definition) is 3. The lowest BCUT2D eigenvalue weighted by molar-refractivity contribution is 0.178. The molecule has 0 aliphatic carbocycles. The molecular formula is C11H18ClNOS. The fourth-order valence-corrected chi connectivity index (χ4v) is 2.28. The minimum atomic E-state index is -0.435. The van der Waals surface area contributed by atoms with Crippen molar-refractivity contribution < 1.29 is 5.11 Å². The van der Waals surface area contributed by atoms with Gasteiger partial charge in [0, 0.05) is 11.4 Å². The fourth-order valence-electron chi connectivity index (χ4n) is 1.24. The molecule has 0 aliphatic rings. The van der Waals surface area contributed by atoms with Crippen LogP contribution in [0.25, 0.3) is 0 Å². The van der Waals surface area contributed by atoms with Gasteiger partial charge in [0.1, 0.15) is 6.10 Å². The van der Waals surface area contributed by atoms with Crippen LogP contribution in [0, 0.1) is 5.92 Å². The molecule has 1 heterocycles. The van der Waals surface area contributed by atoms with E-state index in [0.29, 0.717) is 12.5 Å². The molecular weight excluding hydrogens is 230 g/mol. The van der Waals surface area contributed by atoms with Crippen LogP contribution in [0.1, 0.15) is 31.2 Å². The van der Waals surface area contributed by atoms with E-state index in [0.717, 1.165) is 22.2 Å². The molecule has 0 spiro atoms. The molecule has 4 heteroatoms. The highest BCUT2D eigenvalue weighted by Gasteiger charge is 2.09. The van der Waals surface area contributed by atoms with Crippen molar-refractivity contribution in [3.8, 4) is 0 Å². The maximum absolute atomic E-state index is 9.79. The van der Waals surface area contributed by atoms with Crippen LogP contribution in [-0.4, -0.2) is 18.2 Å². The molecule has 1 aromatic rings. The molecule has 0 saturated carbocycles. The summed E-state index contributed by atoms with van der Waals surface area (Å²) in [6.07, 6.45) is 0.701. The monoisotopic (exact) mass is 247 g/mol. The van der Waals surface area contributed by atoms with E-state index >= 15 is 0 Å². The minimum absolute atomic E-state index is 0.435. The van der Waals surface area contributed by atoms with Crippen LogP contribution in [0.3, 0.4) is 0 Å². The van der Waals surface area contributed by atoms with Gasteiger partial charge < -0.3 is 10.4 Å². The summed E-state index contributed by atoms with van der Waals surface area (Å²) in [6, 6.07) is 3.70. The number of aliphatic hydroxyl groups excluding tert-OH is 1. The highest BCUT2D eigenvalue weighted by atomic mass is 35.5. The quantitative estimate of drug-likeness (QED) is 0.758. The molecule has 15 heavy (non-hydrogen) atoms. The van der Waals surface area contributed by atoms with Crippen LogP contribution in [0.15, 0.2) is 12.1 Å². The second-order valence-corrected chi connectivity index (χ2v) is 5.79. The standard InChI is InChI=1S/C11H18ClNOS/c1-8(2)5-6-13-7-9(14)10-3-4-11(12)15-10/h3-4,8-9,13-14H,5-7H2,1-2H3. The lowest BCUT2D eigenvalue weighted by atomic mass is 10.1. The van der Waals surface area contributed by atoms with Gasteiger partial charge in [0.25, 0.3) is 0 Å². The van der Waals surface area contributed by atoms with E-state index in [-0.39, 0.29) is 0 Å². The van der Waals surface area contributed by atoms with Gasteiger partial charge in [-0.25, -0.2) is 0 Å². The van der Waals surface area contributed by atoms with E-state index in [4.69, 9.17) is 11.6 Å². The average molecular weight is 248 g/mol. The zero-order valence-corrected chi connectivity index (χ0v) is 10.7.